The quantitative estimate of drug-likeness (QED) is 0.120. The number of aryl methyl sites for hydroxylation is 2. The molecule has 2 aliphatic rings. The number of rotatable bonds is 11. The molecule has 0 aliphatic carbocycles. The highest BCUT2D eigenvalue weighted by molar-refractivity contribution is 7.26. The maximum absolute atomic E-state index is 2.68. The Balaban J connectivity index is 1.22. The van der Waals surface area contributed by atoms with Gasteiger partial charge in [0.05, 0.1) is 11.4 Å². The molecule has 318 valence electrons. The molecule has 4 heteroatoms. The van der Waals surface area contributed by atoms with Gasteiger partial charge in [-0.25, -0.2) is 0 Å². The Kier molecular flexibility index (Phi) is 10.4. The summed E-state index contributed by atoms with van der Waals surface area (Å²) in [5, 5.41) is 2.62. The van der Waals surface area contributed by atoms with Gasteiger partial charge in [-0.05, 0) is 136 Å². The average Bonchev–Trinajstić information content (AvgIpc) is 3.77. The van der Waals surface area contributed by atoms with Gasteiger partial charge in [0.15, 0.2) is 0 Å². The maximum Gasteiger partial charge on any atom is 0.333 e. The highest BCUT2D eigenvalue weighted by atomic mass is 32.1. The molecule has 0 fully saturated rings. The predicted octanol–water partition coefficient (Wildman–Crippen LogP) is 16.4. The van der Waals surface area contributed by atoms with Gasteiger partial charge in [0.2, 0.25) is 0 Å². The summed E-state index contributed by atoms with van der Waals surface area (Å²) in [7, 11) is 0. The molecule has 10 aromatic rings. The first-order chi connectivity index (χ1) is 32.7. The zero-order valence-corrected chi connectivity index (χ0v) is 38.5. The summed E-state index contributed by atoms with van der Waals surface area (Å²) in [5.41, 5.74) is 21.4. The number of fused-ring (bicyclic) bond motifs is 8. The van der Waals surface area contributed by atoms with Crippen LogP contribution in [0.2, 0.25) is 0 Å². The minimum absolute atomic E-state index is 0.113. The van der Waals surface area contributed by atoms with Crippen LogP contribution in [0.25, 0.3) is 64.7 Å². The summed E-state index contributed by atoms with van der Waals surface area (Å²) in [6.45, 7) is 4.46. The van der Waals surface area contributed by atoms with Gasteiger partial charge in [0, 0.05) is 48.4 Å². The lowest BCUT2D eigenvalue weighted by Crippen LogP contribution is -2.61. The number of nitrogens with zero attached hydrogens (tertiary/aromatic N) is 2. The van der Waals surface area contributed by atoms with Crippen molar-refractivity contribution in [2.24, 2.45) is 0 Å². The smallest absolute Gasteiger partial charge is 0.333 e. The minimum Gasteiger partial charge on any atom is -0.376 e. The normalized spacial score (nSPS) is 12.7. The number of hydrogen-bond acceptors (Lipinski definition) is 3. The molecular weight excluding hydrogens is 816 g/mol. The number of hydrogen-bond donors (Lipinski definition) is 0. The second-order valence-electron chi connectivity index (χ2n) is 18.1. The molecule has 2 nitrogen and oxygen atoms in total. The lowest BCUT2D eigenvalue weighted by molar-refractivity contribution is 0.795. The van der Waals surface area contributed by atoms with E-state index in [2.05, 4.69) is 224 Å². The van der Waals surface area contributed by atoms with E-state index in [-0.39, 0.29) is 6.85 Å². The maximum atomic E-state index is 2.68. The first-order valence-corrected chi connectivity index (χ1v) is 24.7. The molecule has 3 heterocycles. The lowest BCUT2D eigenvalue weighted by Gasteiger charge is -2.46. The van der Waals surface area contributed by atoms with E-state index in [4.69, 9.17) is 0 Å². The van der Waals surface area contributed by atoms with E-state index in [9.17, 15) is 0 Å². The monoisotopic (exact) mass is 866 g/mol. The van der Waals surface area contributed by atoms with Crippen molar-refractivity contribution < 1.29 is 0 Å². The van der Waals surface area contributed by atoms with Gasteiger partial charge in [-0.3, -0.25) is 0 Å². The molecule has 0 N–H and O–H groups in total. The Morgan fingerprint density at radius 3 is 1.80 bits per heavy atom. The molecule has 0 atom stereocenters. The van der Waals surface area contributed by atoms with Gasteiger partial charge in [-0.1, -0.05) is 172 Å². The van der Waals surface area contributed by atoms with Crippen molar-refractivity contribution >= 4 is 77.7 Å². The van der Waals surface area contributed by atoms with Crippen molar-refractivity contribution in [2.45, 2.75) is 52.4 Å². The zero-order chi connectivity index (χ0) is 44.1. The van der Waals surface area contributed by atoms with Crippen LogP contribution in [0.15, 0.2) is 200 Å². The van der Waals surface area contributed by atoms with E-state index in [1.54, 1.807) is 0 Å². The fourth-order valence-electron chi connectivity index (χ4n) is 10.8. The van der Waals surface area contributed by atoms with Crippen LogP contribution in [-0.2, 0) is 12.8 Å². The van der Waals surface area contributed by atoms with Gasteiger partial charge < -0.3 is 9.71 Å². The van der Waals surface area contributed by atoms with Gasteiger partial charge in [-0.2, -0.15) is 0 Å². The molecule has 2 aliphatic heterocycles. The summed E-state index contributed by atoms with van der Waals surface area (Å²) < 4.78 is 2.61. The zero-order valence-electron chi connectivity index (χ0n) is 37.7. The van der Waals surface area contributed by atoms with Gasteiger partial charge in [-0.15, -0.1) is 11.3 Å². The average molecular weight is 867 g/mol. The standard InChI is InChI=1S/C62H51BN2S/c1-3-5-18-42-28-32-49(33-29-42)65-56-40-47(44-20-10-7-11-21-44)31-34-50(56)53-39-48(45-22-12-8-13-23-45)41-57-61(53)63(65)54-35-37-59-60(51-26-16-17-27-58(51)66-59)62(54)64(57)55-36-30-43(19-6-4-2)38-52(55)46-24-14-9-15-25-46/h7-17,20-41H,3-6,18-19H2,1-2H3. The Morgan fingerprint density at radius 1 is 0.439 bits per heavy atom. The second kappa shape index (κ2) is 17.0. The van der Waals surface area contributed by atoms with E-state index in [1.165, 1.54) is 128 Å². The van der Waals surface area contributed by atoms with E-state index in [1.807, 2.05) is 11.3 Å². The third-order valence-corrected chi connectivity index (χ3v) is 15.1. The topological polar surface area (TPSA) is 6.48 Å². The van der Waals surface area contributed by atoms with Gasteiger partial charge in [0.1, 0.15) is 0 Å². The van der Waals surface area contributed by atoms with E-state index >= 15 is 0 Å². The van der Waals surface area contributed by atoms with Crippen molar-refractivity contribution in [3.63, 3.8) is 0 Å². The van der Waals surface area contributed by atoms with Gasteiger partial charge in [0.25, 0.3) is 0 Å². The highest BCUT2D eigenvalue weighted by Crippen LogP contribution is 2.53. The van der Waals surface area contributed by atoms with Crippen LogP contribution in [0.5, 0.6) is 0 Å². The summed E-state index contributed by atoms with van der Waals surface area (Å²) in [4.78, 5) is 5.36. The first-order valence-electron chi connectivity index (χ1n) is 23.9. The van der Waals surface area contributed by atoms with Crippen LogP contribution in [0.1, 0.15) is 50.7 Å². The summed E-state index contributed by atoms with van der Waals surface area (Å²) in [6, 6.07) is 75.9. The van der Waals surface area contributed by atoms with Crippen LogP contribution in [0.3, 0.4) is 0 Å². The molecule has 9 aromatic carbocycles. The molecule has 1 aromatic heterocycles. The Hall–Kier alpha value is -7.14. The van der Waals surface area contributed by atoms with E-state index in [0.29, 0.717) is 0 Å². The molecule has 12 rings (SSSR count). The number of anilines is 5. The summed E-state index contributed by atoms with van der Waals surface area (Å²) >= 11 is 1.90. The van der Waals surface area contributed by atoms with Gasteiger partial charge >= 0.3 is 6.85 Å². The minimum atomic E-state index is -0.113. The fraction of sp³-hybridized carbons (Fsp3) is 0.129. The molecule has 0 spiro atoms. The highest BCUT2D eigenvalue weighted by Gasteiger charge is 2.46. The molecule has 0 amide bonds. The molecule has 0 unspecified atom stereocenters. The van der Waals surface area contributed by atoms with Crippen molar-refractivity contribution in [1.82, 2.24) is 0 Å². The number of thiophene rings is 1. The molecule has 0 bridgehead atoms. The third kappa shape index (κ3) is 6.86. The molecule has 0 saturated carbocycles. The van der Waals surface area contributed by atoms with Crippen LogP contribution in [-0.4, -0.2) is 6.85 Å². The van der Waals surface area contributed by atoms with Crippen LogP contribution >= 0.6 is 11.3 Å². The van der Waals surface area contributed by atoms with Crippen molar-refractivity contribution in [1.29, 1.82) is 0 Å². The Morgan fingerprint density at radius 2 is 1.08 bits per heavy atom. The summed E-state index contributed by atoms with van der Waals surface area (Å²) in [5.74, 6) is 0. The molecule has 66 heavy (non-hydrogen) atoms. The number of unbranched alkanes of at least 4 members (excludes halogenated alkanes) is 2. The van der Waals surface area contributed by atoms with Crippen molar-refractivity contribution in [2.75, 3.05) is 9.71 Å². The molecule has 0 saturated heterocycles. The first kappa shape index (κ1) is 40.4. The summed E-state index contributed by atoms with van der Waals surface area (Å²) in [6.07, 6.45) is 6.85. The van der Waals surface area contributed by atoms with E-state index in [0.717, 1.165) is 25.7 Å². The van der Waals surface area contributed by atoms with Crippen LogP contribution in [0.4, 0.5) is 28.4 Å². The van der Waals surface area contributed by atoms with E-state index < -0.39 is 0 Å². The SMILES string of the molecule is CCCCc1ccc(N2B3c4ccc5sc6ccccc6c5c4N(c4ccc(CCCC)cc4-c4ccccc4)c4cc(-c5ccccc5)cc(c43)-c3ccc(-c4ccccc4)cc32)cc1. The second-order valence-corrected chi connectivity index (χ2v) is 19.2. The molecular formula is C62H51BN2S. The lowest BCUT2D eigenvalue weighted by atomic mass is 9.43. The van der Waals surface area contributed by atoms with Crippen LogP contribution < -0.4 is 20.6 Å². The third-order valence-electron chi connectivity index (χ3n) is 14.0. The van der Waals surface area contributed by atoms with Crippen LogP contribution in [0, 0.1) is 0 Å². The fourth-order valence-corrected chi connectivity index (χ4v) is 11.9. The largest absolute Gasteiger partial charge is 0.376 e. The van der Waals surface area contributed by atoms with Crippen molar-refractivity contribution in [3.8, 4) is 44.5 Å². The Labute approximate surface area is 393 Å². The molecule has 0 radical (unpaired) electrons. The predicted molar refractivity (Wildman–Crippen MR) is 287 cm³/mol. The van der Waals surface area contributed by atoms with Crippen molar-refractivity contribution in [3.05, 3.63) is 211 Å². The Bertz CT molecular complexity index is 3400. The number of benzene rings is 9.